The second-order valence-electron chi connectivity index (χ2n) is 4.70. The molecule has 0 fully saturated rings. The van der Waals surface area contributed by atoms with Crippen molar-refractivity contribution in [2.24, 2.45) is 5.73 Å². The van der Waals surface area contributed by atoms with E-state index in [0.717, 1.165) is 35.8 Å². The third-order valence-electron chi connectivity index (χ3n) is 3.35. The molecule has 1 unspecified atom stereocenters. The third-order valence-corrected chi connectivity index (χ3v) is 3.79. The number of ether oxygens (including phenoxy) is 1. The third kappa shape index (κ3) is 3.25. The summed E-state index contributed by atoms with van der Waals surface area (Å²) in [5, 5.41) is 5.28. The van der Waals surface area contributed by atoms with Crippen LogP contribution in [0.4, 0.5) is 0 Å². The minimum Gasteiger partial charge on any atom is -0.383 e. The van der Waals surface area contributed by atoms with E-state index in [2.05, 4.69) is 25.9 Å². The first-order valence-corrected chi connectivity index (χ1v) is 6.91. The van der Waals surface area contributed by atoms with Crippen LogP contribution in [0.3, 0.4) is 0 Å². The average Bonchev–Trinajstić information content (AvgIpc) is 2.66. The van der Waals surface area contributed by atoms with Gasteiger partial charge in [-0.05, 0) is 19.8 Å². The van der Waals surface area contributed by atoms with Gasteiger partial charge in [0.05, 0.1) is 23.0 Å². The molecule has 104 valence electrons. The second-order valence-corrected chi connectivity index (χ2v) is 5.08. The number of aromatic nitrogens is 2. The van der Waals surface area contributed by atoms with Gasteiger partial charge in [-0.3, -0.25) is 4.68 Å². The molecule has 0 aromatic carbocycles. The van der Waals surface area contributed by atoms with Crippen molar-refractivity contribution in [3.05, 3.63) is 16.4 Å². The lowest BCUT2D eigenvalue weighted by Crippen LogP contribution is -2.46. The highest BCUT2D eigenvalue weighted by Gasteiger charge is 2.27. The van der Waals surface area contributed by atoms with Gasteiger partial charge in [0.1, 0.15) is 0 Å². The van der Waals surface area contributed by atoms with Crippen LogP contribution in [-0.4, -0.2) is 29.0 Å². The summed E-state index contributed by atoms with van der Waals surface area (Å²) in [4.78, 5) is 0. The van der Waals surface area contributed by atoms with Crippen molar-refractivity contribution >= 4 is 11.6 Å². The Morgan fingerprint density at radius 2 is 2.06 bits per heavy atom. The number of methoxy groups -OCH3 is 1. The first-order chi connectivity index (χ1) is 8.51. The monoisotopic (exact) mass is 273 g/mol. The van der Waals surface area contributed by atoms with Crippen molar-refractivity contribution in [1.82, 2.24) is 9.78 Å². The summed E-state index contributed by atoms with van der Waals surface area (Å²) in [7, 11) is 1.67. The van der Waals surface area contributed by atoms with Crippen LogP contribution in [0.2, 0.25) is 5.02 Å². The summed E-state index contributed by atoms with van der Waals surface area (Å²) in [5.41, 5.74) is 7.95. The Kier molecular flexibility index (Phi) is 5.63. The summed E-state index contributed by atoms with van der Waals surface area (Å²) in [6.07, 6.45) is 2.37. The predicted molar refractivity (Wildman–Crippen MR) is 75.1 cm³/mol. The Balaban J connectivity index is 3.05. The molecule has 5 heteroatoms. The van der Waals surface area contributed by atoms with Crippen LogP contribution >= 0.6 is 11.6 Å². The first kappa shape index (κ1) is 15.5. The minimum absolute atomic E-state index is 0.379. The Bertz CT molecular complexity index is 392. The van der Waals surface area contributed by atoms with E-state index in [1.807, 2.05) is 4.68 Å². The molecule has 0 amide bonds. The van der Waals surface area contributed by atoms with Crippen molar-refractivity contribution in [2.75, 3.05) is 13.7 Å². The van der Waals surface area contributed by atoms with Crippen molar-refractivity contribution in [1.29, 1.82) is 0 Å². The van der Waals surface area contributed by atoms with Gasteiger partial charge in [0, 0.05) is 25.6 Å². The number of aryl methyl sites for hydroxylation is 2. The highest BCUT2D eigenvalue weighted by molar-refractivity contribution is 6.31. The van der Waals surface area contributed by atoms with E-state index in [1.165, 1.54) is 0 Å². The number of nitrogens with two attached hydrogens (primary N) is 1. The summed E-state index contributed by atoms with van der Waals surface area (Å²) in [6.45, 7) is 7.52. The molecule has 0 aliphatic rings. The Hall–Kier alpha value is -0.580. The van der Waals surface area contributed by atoms with Gasteiger partial charge in [0.15, 0.2) is 0 Å². The molecule has 1 rings (SSSR count). The SMILES string of the molecule is CCc1nn(CC)c(CC(N)(CC)COC)c1Cl. The van der Waals surface area contributed by atoms with Crippen LogP contribution in [0.1, 0.15) is 38.6 Å². The molecule has 0 bridgehead atoms. The van der Waals surface area contributed by atoms with Gasteiger partial charge in [-0.25, -0.2) is 0 Å². The largest absolute Gasteiger partial charge is 0.383 e. The normalized spacial score (nSPS) is 14.8. The van der Waals surface area contributed by atoms with E-state index in [9.17, 15) is 0 Å². The van der Waals surface area contributed by atoms with Crippen LogP contribution in [-0.2, 0) is 24.1 Å². The van der Waals surface area contributed by atoms with E-state index < -0.39 is 0 Å². The Morgan fingerprint density at radius 1 is 1.39 bits per heavy atom. The van der Waals surface area contributed by atoms with Crippen molar-refractivity contribution in [2.45, 2.75) is 52.1 Å². The zero-order chi connectivity index (χ0) is 13.8. The molecule has 1 aromatic rings. The van der Waals surface area contributed by atoms with E-state index in [4.69, 9.17) is 22.1 Å². The maximum absolute atomic E-state index is 6.39. The number of halogens is 1. The van der Waals surface area contributed by atoms with Gasteiger partial charge in [-0.1, -0.05) is 25.4 Å². The molecule has 4 nitrogen and oxygen atoms in total. The number of hydrogen-bond acceptors (Lipinski definition) is 3. The quantitative estimate of drug-likeness (QED) is 0.830. The van der Waals surface area contributed by atoms with Gasteiger partial charge in [0.2, 0.25) is 0 Å². The summed E-state index contributed by atoms with van der Waals surface area (Å²) < 4.78 is 7.17. The van der Waals surface area contributed by atoms with E-state index in [0.29, 0.717) is 13.0 Å². The predicted octanol–water partition coefficient (Wildman–Crippen LogP) is 2.42. The fraction of sp³-hybridized carbons (Fsp3) is 0.769. The van der Waals surface area contributed by atoms with Crippen molar-refractivity contribution < 1.29 is 4.74 Å². The topological polar surface area (TPSA) is 53.1 Å². The zero-order valence-electron chi connectivity index (χ0n) is 11.8. The van der Waals surface area contributed by atoms with Crippen LogP contribution in [0.15, 0.2) is 0 Å². The fourth-order valence-corrected chi connectivity index (χ4v) is 2.42. The standard InChI is InChI=1S/C13H24ClN3O/c1-5-10-12(14)11(17(7-3)16-10)8-13(15,6-2)9-18-4/h5-9,15H2,1-4H3. The maximum atomic E-state index is 6.39. The molecule has 18 heavy (non-hydrogen) atoms. The molecule has 1 aromatic heterocycles. The summed E-state index contributed by atoms with van der Waals surface area (Å²) >= 11 is 6.39. The van der Waals surface area contributed by atoms with Crippen LogP contribution < -0.4 is 5.73 Å². The average molecular weight is 274 g/mol. The smallest absolute Gasteiger partial charge is 0.0850 e. The van der Waals surface area contributed by atoms with Crippen LogP contribution in [0.25, 0.3) is 0 Å². The molecule has 1 atom stereocenters. The molecule has 0 radical (unpaired) electrons. The molecular formula is C13H24ClN3O. The molecule has 0 aliphatic heterocycles. The van der Waals surface area contributed by atoms with Crippen LogP contribution in [0, 0.1) is 0 Å². The first-order valence-electron chi connectivity index (χ1n) is 6.53. The van der Waals surface area contributed by atoms with Gasteiger partial charge in [-0.2, -0.15) is 5.10 Å². The lowest BCUT2D eigenvalue weighted by atomic mass is 9.92. The Labute approximate surface area is 114 Å². The number of nitrogens with zero attached hydrogens (tertiary/aromatic N) is 2. The van der Waals surface area contributed by atoms with E-state index in [1.54, 1.807) is 7.11 Å². The van der Waals surface area contributed by atoms with Gasteiger partial charge in [0.25, 0.3) is 0 Å². The van der Waals surface area contributed by atoms with E-state index in [-0.39, 0.29) is 5.54 Å². The van der Waals surface area contributed by atoms with E-state index >= 15 is 0 Å². The summed E-state index contributed by atoms with van der Waals surface area (Å²) in [5.74, 6) is 0. The minimum atomic E-state index is -0.379. The van der Waals surface area contributed by atoms with Gasteiger partial charge in [-0.15, -0.1) is 0 Å². The van der Waals surface area contributed by atoms with Gasteiger partial charge < -0.3 is 10.5 Å². The highest BCUT2D eigenvalue weighted by atomic mass is 35.5. The molecule has 0 aliphatic carbocycles. The Morgan fingerprint density at radius 3 is 2.50 bits per heavy atom. The van der Waals surface area contributed by atoms with Crippen molar-refractivity contribution in [3.63, 3.8) is 0 Å². The number of rotatable bonds is 7. The van der Waals surface area contributed by atoms with Gasteiger partial charge >= 0.3 is 0 Å². The van der Waals surface area contributed by atoms with Crippen LogP contribution in [0.5, 0.6) is 0 Å². The molecule has 1 heterocycles. The molecule has 2 N–H and O–H groups in total. The molecule has 0 saturated carbocycles. The lowest BCUT2D eigenvalue weighted by Gasteiger charge is -2.27. The molecule has 0 spiro atoms. The summed E-state index contributed by atoms with van der Waals surface area (Å²) in [6, 6.07) is 0. The van der Waals surface area contributed by atoms with Crippen molar-refractivity contribution in [3.8, 4) is 0 Å². The maximum Gasteiger partial charge on any atom is 0.0850 e. The molecule has 0 saturated heterocycles. The lowest BCUT2D eigenvalue weighted by molar-refractivity contribution is 0.128. The number of hydrogen-bond donors (Lipinski definition) is 1. The second kappa shape index (κ2) is 6.55. The fourth-order valence-electron chi connectivity index (χ4n) is 2.09. The zero-order valence-corrected chi connectivity index (χ0v) is 12.5. The molecular weight excluding hydrogens is 250 g/mol. The highest BCUT2D eigenvalue weighted by Crippen LogP contribution is 2.26.